The highest BCUT2D eigenvalue weighted by molar-refractivity contribution is 7.58. The summed E-state index contributed by atoms with van der Waals surface area (Å²) in [5.74, 6) is -2.25. The minimum atomic E-state index is -3.61. The summed E-state index contributed by atoms with van der Waals surface area (Å²) >= 11 is 0. The summed E-state index contributed by atoms with van der Waals surface area (Å²) in [7, 11) is -3.61. The zero-order valence-corrected chi connectivity index (χ0v) is 12.6. The zero-order chi connectivity index (χ0) is 14.5. The molecule has 0 rings (SSSR count). The number of carboxylic acid groups (broad SMARTS) is 1. The third-order valence-electron chi connectivity index (χ3n) is 2.82. The number of rotatable bonds is 8. The molecule has 108 valence electrons. The van der Waals surface area contributed by atoms with Crippen LogP contribution in [-0.4, -0.2) is 27.9 Å². The number of carboxylic acids is 1. The van der Waals surface area contributed by atoms with Gasteiger partial charge in [-0.1, -0.05) is 27.7 Å². The van der Waals surface area contributed by atoms with E-state index in [9.17, 15) is 14.3 Å². The van der Waals surface area contributed by atoms with Crippen molar-refractivity contribution < 1.29 is 19.4 Å². The summed E-state index contributed by atoms with van der Waals surface area (Å²) in [6, 6.07) is 0. The molecule has 0 spiro atoms. The Labute approximate surface area is 109 Å². The highest BCUT2D eigenvalue weighted by atomic mass is 31.2. The van der Waals surface area contributed by atoms with Crippen molar-refractivity contribution in [2.45, 2.75) is 46.3 Å². The van der Waals surface area contributed by atoms with E-state index in [1.807, 2.05) is 27.7 Å². The molecule has 4 N–H and O–H groups in total. The van der Waals surface area contributed by atoms with Gasteiger partial charge in [-0.2, -0.15) is 0 Å². The monoisotopic (exact) mass is 279 g/mol. The Kier molecular flexibility index (Phi) is 7.11. The first-order valence-corrected chi connectivity index (χ1v) is 8.27. The largest absolute Gasteiger partial charge is 0.481 e. The maximum Gasteiger partial charge on any atom is 0.307 e. The summed E-state index contributed by atoms with van der Waals surface area (Å²) in [5, 5.41) is 9.08. The van der Waals surface area contributed by atoms with Gasteiger partial charge in [-0.25, -0.2) is 0 Å². The SMILES string of the molecule is CC(C)CC(CP(=O)(O)[C@@H](N)CC(C)C)C(=O)O. The van der Waals surface area contributed by atoms with Gasteiger partial charge >= 0.3 is 5.97 Å². The van der Waals surface area contributed by atoms with E-state index in [2.05, 4.69) is 0 Å². The lowest BCUT2D eigenvalue weighted by atomic mass is 9.99. The van der Waals surface area contributed by atoms with Crippen LogP contribution in [0.15, 0.2) is 0 Å². The lowest BCUT2D eigenvalue weighted by Crippen LogP contribution is -2.28. The maximum atomic E-state index is 12.1. The van der Waals surface area contributed by atoms with E-state index >= 15 is 0 Å². The molecule has 0 aromatic rings. The minimum Gasteiger partial charge on any atom is -0.481 e. The Morgan fingerprint density at radius 2 is 1.61 bits per heavy atom. The van der Waals surface area contributed by atoms with Crippen molar-refractivity contribution >= 4 is 13.3 Å². The van der Waals surface area contributed by atoms with Gasteiger partial charge in [0, 0.05) is 6.16 Å². The summed E-state index contributed by atoms with van der Waals surface area (Å²) in [6.45, 7) is 7.63. The van der Waals surface area contributed by atoms with Gasteiger partial charge in [-0.05, 0) is 24.7 Å². The number of hydrogen-bond acceptors (Lipinski definition) is 3. The molecule has 0 aliphatic carbocycles. The third-order valence-corrected chi connectivity index (χ3v) is 5.03. The highest BCUT2D eigenvalue weighted by Crippen LogP contribution is 2.48. The fraction of sp³-hybridized carbons (Fsp3) is 0.917. The van der Waals surface area contributed by atoms with E-state index in [4.69, 9.17) is 10.8 Å². The summed E-state index contributed by atoms with van der Waals surface area (Å²) in [6.07, 6.45) is 0.602. The summed E-state index contributed by atoms with van der Waals surface area (Å²) in [5.41, 5.74) is 5.73. The standard InChI is InChI=1S/C12H26NO4P/c1-8(2)5-10(12(14)15)7-18(16,17)11(13)6-9(3)4/h8-11H,5-7,13H2,1-4H3,(H,14,15)(H,16,17)/t10?,11-/m1/s1. The van der Waals surface area contributed by atoms with Crippen molar-refractivity contribution in [3.63, 3.8) is 0 Å². The van der Waals surface area contributed by atoms with Crippen molar-refractivity contribution in [1.82, 2.24) is 0 Å². The van der Waals surface area contributed by atoms with Gasteiger partial charge in [0.05, 0.1) is 11.7 Å². The maximum absolute atomic E-state index is 12.1. The van der Waals surface area contributed by atoms with E-state index in [1.54, 1.807) is 0 Å². The van der Waals surface area contributed by atoms with Crippen LogP contribution in [0.25, 0.3) is 0 Å². The Morgan fingerprint density at radius 3 is 1.94 bits per heavy atom. The molecule has 0 aromatic carbocycles. The lowest BCUT2D eigenvalue weighted by Gasteiger charge is -2.24. The van der Waals surface area contributed by atoms with Gasteiger partial charge in [0.2, 0.25) is 7.37 Å². The van der Waals surface area contributed by atoms with Gasteiger partial charge in [0.15, 0.2) is 0 Å². The fourth-order valence-corrected chi connectivity index (χ4v) is 3.88. The number of carbonyl (C=O) groups is 1. The molecule has 0 aromatic heterocycles. The predicted molar refractivity (Wildman–Crippen MR) is 72.7 cm³/mol. The second kappa shape index (κ2) is 7.27. The average molecular weight is 279 g/mol. The molecule has 0 radical (unpaired) electrons. The normalized spacial score (nSPS) is 18.7. The van der Waals surface area contributed by atoms with Crippen LogP contribution < -0.4 is 5.73 Å². The quantitative estimate of drug-likeness (QED) is 0.592. The van der Waals surface area contributed by atoms with E-state index in [-0.39, 0.29) is 18.0 Å². The number of hydrogen-bond donors (Lipinski definition) is 3. The Bertz CT molecular complexity index is 317. The molecular formula is C12H26NO4P. The Morgan fingerprint density at radius 1 is 1.17 bits per heavy atom. The lowest BCUT2D eigenvalue weighted by molar-refractivity contribution is -0.141. The smallest absolute Gasteiger partial charge is 0.307 e. The summed E-state index contributed by atoms with van der Waals surface area (Å²) < 4.78 is 12.1. The van der Waals surface area contributed by atoms with E-state index in [1.165, 1.54) is 0 Å². The Balaban J connectivity index is 4.69. The van der Waals surface area contributed by atoms with Gasteiger partial charge in [-0.3, -0.25) is 9.36 Å². The topological polar surface area (TPSA) is 101 Å². The van der Waals surface area contributed by atoms with Gasteiger partial charge < -0.3 is 15.7 Å². The summed E-state index contributed by atoms with van der Waals surface area (Å²) in [4.78, 5) is 21.0. The molecule has 0 heterocycles. The van der Waals surface area contributed by atoms with Crippen LogP contribution in [0.3, 0.4) is 0 Å². The number of nitrogens with two attached hydrogens (primary N) is 1. The molecular weight excluding hydrogens is 253 g/mol. The van der Waals surface area contributed by atoms with E-state index in [0.717, 1.165) is 0 Å². The van der Waals surface area contributed by atoms with Gasteiger partial charge in [0.1, 0.15) is 0 Å². The molecule has 3 atom stereocenters. The highest BCUT2D eigenvalue weighted by Gasteiger charge is 2.34. The molecule has 0 bridgehead atoms. The molecule has 0 amide bonds. The molecule has 0 aliphatic heterocycles. The molecule has 18 heavy (non-hydrogen) atoms. The first-order valence-electron chi connectivity index (χ1n) is 6.36. The van der Waals surface area contributed by atoms with Crippen LogP contribution >= 0.6 is 7.37 Å². The minimum absolute atomic E-state index is 0.174. The van der Waals surface area contributed by atoms with Crippen molar-refractivity contribution in [3.8, 4) is 0 Å². The molecule has 2 unspecified atom stereocenters. The van der Waals surface area contributed by atoms with Crippen LogP contribution in [0.2, 0.25) is 0 Å². The van der Waals surface area contributed by atoms with E-state index < -0.39 is 25.0 Å². The van der Waals surface area contributed by atoms with Gasteiger partial charge in [0.25, 0.3) is 0 Å². The first kappa shape index (κ1) is 17.6. The fourth-order valence-electron chi connectivity index (χ4n) is 1.92. The third kappa shape index (κ3) is 6.53. The molecule has 0 saturated heterocycles. The first-order chi connectivity index (χ1) is 8.06. The van der Waals surface area contributed by atoms with Gasteiger partial charge in [-0.15, -0.1) is 0 Å². The number of aliphatic carboxylic acids is 1. The van der Waals surface area contributed by atoms with Crippen LogP contribution in [0.5, 0.6) is 0 Å². The van der Waals surface area contributed by atoms with Crippen molar-refractivity contribution in [2.24, 2.45) is 23.5 Å². The van der Waals surface area contributed by atoms with Crippen LogP contribution in [0.4, 0.5) is 0 Å². The average Bonchev–Trinajstić information content (AvgIpc) is 2.14. The molecule has 6 heteroatoms. The Hall–Kier alpha value is -0.380. The molecule has 0 aliphatic rings. The van der Waals surface area contributed by atoms with Crippen molar-refractivity contribution in [1.29, 1.82) is 0 Å². The molecule has 5 nitrogen and oxygen atoms in total. The zero-order valence-electron chi connectivity index (χ0n) is 11.7. The van der Waals surface area contributed by atoms with Crippen LogP contribution in [-0.2, 0) is 9.36 Å². The second-order valence-electron chi connectivity index (χ2n) is 5.80. The van der Waals surface area contributed by atoms with Crippen molar-refractivity contribution in [2.75, 3.05) is 6.16 Å². The van der Waals surface area contributed by atoms with Crippen LogP contribution in [0, 0.1) is 17.8 Å². The van der Waals surface area contributed by atoms with E-state index in [0.29, 0.717) is 12.8 Å². The van der Waals surface area contributed by atoms with Crippen LogP contribution in [0.1, 0.15) is 40.5 Å². The second-order valence-corrected chi connectivity index (χ2v) is 8.34. The van der Waals surface area contributed by atoms with Crippen molar-refractivity contribution in [3.05, 3.63) is 0 Å². The molecule has 0 fully saturated rings. The predicted octanol–water partition coefficient (Wildman–Crippen LogP) is 2.33. The molecule has 0 saturated carbocycles.